The van der Waals surface area contributed by atoms with Crippen LogP contribution in [-0.2, 0) is 21.3 Å². The monoisotopic (exact) mass is 644 g/mol. The normalized spacial score (nSPS) is 11.5. The fourth-order valence-electron chi connectivity index (χ4n) is 5.76. The van der Waals surface area contributed by atoms with E-state index in [9.17, 15) is 8.42 Å². The Morgan fingerprint density at radius 1 is 0.489 bits per heavy atom. The highest BCUT2D eigenvalue weighted by molar-refractivity contribution is 7.89. The molecule has 47 heavy (non-hydrogen) atoms. The van der Waals surface area contributed by atoms with E-state index < -0.39 is 33.0 Å². The van der Waals surface area contributed by atoms with Gasteiger partial charge in [0.1, 0.15) is 11.6 Å². The number of benzene rings is 4. The van der Waals surface area contributed by atoms with Crippen molar-refractivity contribution in [2.75, 3.05) is 0 Å². The number of hydrogen-bond donors (Lipinski definition) is 0. The number of sulfone groups is 1. The molecule has 0 N–H and O–H groups in total. The van der Waals surface area contributed by atoms with Crippen LogP contribution >= 0.6 is 0 Å². The molecule has 0 atom stereocenters. The number of pyridine rings is 2. The molecule has 2 heterocycles. The lowest BCUT2D eigenvalue weighted by molar-refractivity contribution is 0.581. The van der Waals surface area contributed by atoms with Crippen LogP contribution in [-0.4, -0.2) is 18.4 Å². The Bertz CT molecular complexity index is 2090. The second-order valence-corrected chi connectivity index (χ2v) is 14.1. The van der Waals surface area contributed by atoms with Crippen molar-refractivity contribution in [1.29, 1.82) is 0 Å². The van der Waals surface area contributed by atoms with Gasteiger partial charge in [-0.3, -0.25) is 9.97 Å². The van der Waals surface area contributed by atoms with Crippen molar-refractivity contribution in [3.63, 3.8) is 0 Å². The van der Waals surface area contributed by atoms with Gasteiger partial charge < -0.3 is 0 Å². The molecule has 0 bridgehead atoms. The Labute approximate surface area is 274 Å². The standard InChI is InChI=1S/C40H34F2N2O2S/c1-25-5-7-29(17-27(25)3)35-13-15-43-21-37(35)31-9-11-33(39(41)19-31)23-47(45,46)24-34-12-10-32(20-40(34)42)38-22-44-16-14-36(38)30-8-6-26(2)28(4)18-30/h5-22H,23-24H2,1-4H3. The van der Waals surface area contributed by atoms with Crippen LogP contribution in [0.1, 0.15) is 33.4 Å². The molecule has 0 aliphatic rings. The van der Waals surface area contributed by atoms with Gasteiger partial charge in [-0.05, 0) is 108 Å². The Kier molecular flexibility index (Phi) is 8.84. The molecule has 6 rings (SSSR count). The minimum absolute atomic E-state index is 0.0239. The van der Waals surface area contributed by atoms with Crippen LogP contribution < -0.4 is 0 Å². The first kappa shape index (κ1) is 32.0. The van der Waals surface area contributed by atoms with Crippen LogP contribution in [0.25, 0.3) is 44.5 Å². The number of rotatable bonds is 8. The second-order valence-electron chi connectivity index (χ2n) is 12.1. The first-order chi connectivity index (χ1) is 22.5. The first-order valence-electron chi connectivity index (χ1n) is 15.3. The lowest BCUT2D eigenvalue weighted by Gasteiger charge is -2.13. The number of nitrogens with zero attached hydrogens (tertiary/aromatic N) is 2. The molecule has 0 radical (unpaired) electrons. The number of aryl methyl sites for hydroxylation is 4. The van der Waals surface area contributed by atoms with E-state index in [4.69, 9.17) is 0 Å². The van der Waals surface area contributed by atoms with E-state index in [0.717, 1.165) is 44.5 Å². The first-order valence-corrected chi connectivity index (χ1v) is 17.1. The summed E-state index contributed by atoms with van der Waals surface area (Å²) in [4.78, 5) is 8.50. The van der Waals surface area contributed by atoms with Crippen molar-refractivity contribution in [3.05, 3.63) is 155 Å². The van der Waals surface area contributed by atoms with Crippen LogP contribution in [0.5, 0.6) is 0 Å². The van der Waals surface area contributed by atoms with Gasteiger partial charge in [-0.2, -0.15) is 0 Å². The predicted molar refractivity (Wildman–Crippen MR) is 185 cm³/mol. The van der Waals surface area contributed by atoms with E-state index in [-0.39, 0.29) is 11.1 Å². The van der Waals surface area contributed by atoms with Gasteiger partial charge in [-0.1, -0.05) is 60.7 Å². The summed E-state index contributed by atoms with van der Waals surface area (Å²) in [5.41, 5.74) is 11.1. The summed E-state index contributed by atoms with van der Waals surface area (Å²) in [5.74, 6) is -2.41. The number of hydrogen-bond acceptors (Lipinski definition) is 4. The molecule has 0 spiro atoms. The summed E-state index contributed by atoms with van der Waals surface area (Å²) in [6.45, 7) is 8.17. The van der Waals surface area contributed by atoms with Gasteiger partial charge in [0.15, 0.2) is 9.84 Å². The smallest absolute Gasteiger partial charge is 0.158 e. The quantitative estimate of drug-likeness (QED) is 0.166. The summed E-state index contributed by atoms with van der Waals surface area (Å²) in [6.07, 6.45) is 6.74. The van der Waals surface area contributed by atoms with Crippen molar-refractivity contribution < 1.29 is 17.2 Å². The Morgan fingerprint density at radius 3 is 1.26 bits per heavy atom. The van der Waals surface area contributed by atoms with Crippen molar-refractivity contribution in [3.8, 4) is 44.5 Å². The van der Waals surface area contributed by atoms with E-state index in [1.807, 2.05) is 64.1 Å². The molecule has 0 saturated heterocycles. The largest absolute Gasteiger partial charge is 0.264 e. The molecule has 6 aromatic rings. The van der Waals surface area contributed by atoms with Gasteiger partial charge in [0.25, 0.3) is 0 Å². The summed E-state index contributed by atoms with van der Waals surface area (Å²) in [5, 5.41) is 0. The van der Waals surface area contributed by atoms with E-state index in [0.29, 0.717) is 11.1 Å². The second kappa shape index (κ2) is 13.0. The maximum Gasteiger partial charge on any atom is 0.158 e. The number of halogens is 2. The van der Waals surface area contributed by atoms with E-state index in [1.54, 1.807) is 36.9 Å². The zero-order chi connectivity index (χ0) is 33.3. The van der Waals surface area contributed by atoms with Gasteiger partial charge in [0.05, 0.1) is 11.5 Å². The molecule has 0 aliphatic carbocycles. The van der Waals surface area contributed by atoms with Crippen LogP contribution in [0.2, 0.25) is 0 Å². The molecule has 0 saturated carbocycles. The van der Waals surface area contributed by atoms with Gasteiger partial charge in [0.2, 0.25) is 0 Å². The third-order valence-corrected chi connectivity index (χ3v) is 10.3. The Morgan fingerprint density at radius 2 is 0.872 bits per heavy atom. The molecule has 0 unspecified atom stereocenters. The highest BCUT2D eigenvalue weighted by Crippen LogP contribution is 2.35. The molecule has 7 heteroatoms. The molecule has 0 fully saturated rings. The van der Waals surface area contributed by atoms with Crippen LogP contribution in [0, 0.1) is 39.3 Å². The van der Waals surface area contributed by atoms with Gasteiger partial charge in [-0.15, -0.1) is 0 Å². The molecule has 0 aliphatic heterocycles. The average Bonchev–Trinajstić information content (AvgIpc) is 3.05. The highest BCUT2D eigenvalue weighted by atomic mass is 32.2. The molecule has 4 aromatic carbocycles. The fourth-order valence-corrected chi connectivity index (χ4v) is 7.28. The van der Waals surface area contributed by atoms with Crippen LogP contribution in [0.3, 0.4) is 0 Å². The Balaban J connectivity index is 1.23. The molecular formula is C40H34F2N2O2S. The minimum Gasteiger partial charge on any atom is -0.264 e. The maximum absolute atomic E-state index is 15.4. The van der Waals surface area contributed by atoms with Crippen LogP contribution in [0.4, 0.5) is 8.78 Å². The van der Waals surface area contributed by atoms with Crippen molar-refractivity contribution in [2.24, 2.45) is 0 Å². The third-order valence-electron chi connectivity index (χ3n) is 8.76. The SMILES string of the molecule is Cc1ccc(-c2ccncc2-c2ccc(CS(=O)(=O)Cc3ccc(-c4cnccc4-c4ccc(C)c(C)c4)cc3F)c(F)c2)cc1C. The van der Waals surface area contributed by atoms with Gasteiger partial charge >= 0.3 is 0 Å². The molecule has 236 valence electrons. The molecular weight excluding hydrogens is 611 g/mol. The van der Waals surface area contributed by atoms with Gasteiger partial charge in [0, 0.05) is 47.0 Å². The summed E-state index contributed by atoms with van der Waals surface area (Å²) in [7, 11) is -3.91. The number of aromatic nitrogens is 2. The molecule has 2 aromatic heterocycles. The summed E-state index contributed by atoms with van der Waals surface area (Å²) < 4.78 is 57.3. The van der Waals surface area contributed by atoms with E-state index in [2.05, 4.69) is 22.1 Å². The van der Waals surface area contributed by atoms with E-state index in [1.165, 1.54) is 35.4 Å². The molecule has 4 nitrogen and oxygen atoms in total. The van der Waals surface area contributed by atoms with Crippen LogP contribution in [0.15, 0.2) is 110 Å². The zero-order valence-electron chi connectivity index (χ0n) is 26.7. The minimum atomic E-state index is -3.91. The Hall–Kier alpha value is -5.01. The van der Waals surface area contributed by atoms with Crippen molar-refractivity contribution in [1.82, 2.24) is 9.97 Å². The zero-order valence-corrected chi connectivity index (χ0v) is 27.5. The van der Waals surface area contributed by atoms with E-state index >= 15 is 8.78 Å². The van der Waals surface area contributed by atoms with Crippen molar-refractivity contribution in [2.45, 2.75) is 39.2 Å². The summed E-state index contributed by atoms with van der Waals surface area (Å²) >= 11 is 0. The lowest BCUT2D eigenvalue weighted by atomic mass is 9.94. The maximum atomic E-state index is 15.4. The highest BCUT2D eigenvalue weighted by Gasteiger charge is 2.20. The third kappa shape index (κ3) is 6.91. The van der Waals surface area contributed by atoms with Crippen molar-refractivity contribution >= 4 is 9.84 Å². The topological polar surface area (TPSA) is 59.9 Å². The fraction of sp³-hybridized carbons (Fsp3) is 0.150. The predicted octanol–water partition coefficient (Wildman–Crippen LogP) is 9.77. The molecule has 0 amide bonds. The lowest BCUT2D eigenvalue weighted by Crippen LogP contribution is -2.10. The van der Waals surface area contributed by atoms with Gasteiger partial charge in [-0.25, -0.2) is 17.2 Å². The average molecular weight is 645 g/mol. The summed E-state index contributed by atoms with van der Waals surface area (Å²) in [6, 6.07) is 25.1.